The van der Waals surface area contributed by atoms with Crippen molar-refractivity contribution < 1.29 is 21.6 Å². The number of hydrogen-bond donors (Lipinski definition) is 0. The lowest BCUT2D eigenvalue weighted by Crippen LogP contribution is -2.49. The summed E-state index contributed by atoms with van der Waals surface area (Å²) >= 11 is 5.58. The monoisotopic (exact) mass is 433 g/mol. The van der Waals surface area contributed by atoms with Gasteiger partial charge in [-0.2, -0.15) is 17.5 Å². The number of aromatic nitrogens is 1. The molecule has 1 saturated heterocycles. The molecular formula is C18H19ClF3N3O2S. The first-order valence-electron chi connectivity index (χ1n) is 8.66. The Morgan fingerprint density at radius 3 is 2.29 bits per heavy atom. The molecule has 1 aromatic carbocycles. The quantitative estimate of drug-likeness (QED) is 0.726. The van der Waals surface area contributed by atoms with Crippen LogP contribution in [0.2, 0.25) is 5.02 Å². The fraction of sp³-hybridized carbons (Fsp3) is 0.389. The number of halogens is 4. The number of nitrogens with zero attached hydrogens (tertiary/aromatic N) is 3. The van der Waals surface area contributed by atoms with E-state index in [0.29, 0.717) is 19.2 Å². The van der Waals surface area contributed by atoms with E-state index in [1.165, 1.54) is 4.31 Å². The predicted molar refractivity (Wildman–Crippen MR) is 99.6 cm³/mol. The zero-order chi connectivity index (χ0) is 20.4. The van der Waals surface area contributed by atoms with Gasteiger partial charge in [0.05, 0.1) is 15.5 Å². The number of benzene rings is 1. The third-order valence-electron chi connectivity index (χ3n) is 4.68. The summed E-state index contributed by atoms with van der Waals surface area (Å²) in [6.07, 6.45) is -0.446. The van der Waals surface area contributed by atoms with Crippen LogP contribution in [0, 0.1) is 0 Å². The smallest absolute Gasteiger partial charge is 0.300 e. The van der Waals surface area contributed by atoms with Gasteiger partial charge in [-0.25, -0.2) is 8.42 Å². The van der Waals surface area contributed by atoms with Crippen molar-refractivity contribution in [1.29, 1.82) is 0 Å². The van der Waals surface area contributed by atoms with E-state index in [9.17, 15) is 21.6 Å². The molecule has 28 heavy (non-hydrogen) atoms. The molecule has 10 heteroatoms. The maximum atomic E-state index is 13.0. The van der Waals surface area contributed by atoms with Crippen LogP contribution in [-0.2, 0) is 22.6 Å². The first-order chi connectivity index (χ1) is 13.2. The molecule has 0 spiro atoms. The van der Waals surface area contributed by atoms with E-state index in [4.69, 9.17) is 11.6 Å². The molecule has 1 fully saturated rings. The maximum Gasteiger partial charge on any atom is 0.417 e. The molecule has 0 amide bonds. The van der Waals surface area contributed by atoms with E-state index < -0.39 is 31.7 Å². The van der Waals surface area contributed by atoms with Crippen molar-refractivity contribution in [3.8, 4) is 0 Å². The lowest BCUT2D eigenvalue weighted by molar-refractivity contribution is -0.137. The van der Waals surface area contributed by atoms with Gasteiger partial charge in [0.1, 0.15) is 0 Å². The van der Waals surface area contributed by atoms with E-state index >= 15 is 0 Å². The minimum absolute atomic E-state index is 0.225. The maximum absolute atomic E-state index is 13.0. The summed E-state index contributed by atoms with van der Waals surface area (Å²) in [4.78, 5) is 5.71. The predicted octanol–water partition coefficient (Wildman–Crippen LogP) is 3.30. The molecule has 152 valence electrons. The van der Waals surface area contributed by atoms with E-state index in [2.05, 4.69) is 9.88 Å². The molecule has 1 aliphatic heterocycles. The van der Waals surface area contributed by atoms with Crippen LogP contribution in [0.25, 0.3) is 0 Å². The average Bonchev–Trinajstić information content (AvgIpc) is 2.67. The highest BCUT2D eigenvalue weighted by molar-refractivity contribution is 7.89. The average molecular weight is 434 g/mol. The fourth-order valence-corrected chi connectivity index (χ4v) is 4.73. The molecule has 2 aromatic rings. The number of rotatable bonds is 5. The van der Waals surface area contributed by atoms with Gasteiger partial charge in [-0.3, -0.25) is 4.98 Å². The van der Waals surface area contributed by atoms with Crippen molar-refractivity contribution in [1.82, 2.24) is 14.2 Å². The molecule has 2 heterocycles. The Kier molecular flexibility index (Phi) is 6.28. The van der Waals surface area contributed by atoms with Gasteiger partial charge in [0.2, 0.25) is 10.0 Å². The minimum atomic E-state index is -4.71. The Morgan fingerprint density at radius 1 is 1.04 bits per heavy atom. The molecule has 0 radical (unpaired) electrons. The van der Waals surface area contributed by atoms with Gasteiger partial charge in [0.15, 0.2) is 0 Å². The Balaban J connectivity index is 1.65. The standard InChI is InChI=1S/C18H19ClF3N3O2S/c19-17-2-1-15(13-16(17)18(20,21)22)28(26,27)25-11-9-24(10-12-25)8-5-14-3-6-23-7-4-14/h1-4,6-7,13H,5,8-12H2. The highest BCUT2D eigenvalue weighted by Gasteiger charge is 2.36. The van der Waals surface area contributed by atoms with Gasteiger partial charge < -0.3 is 4.90 Å². The summed E-state index contributed by atoms with van der Waals surface area (Å²) in [6.45, 7) is 2.26. The van der Waals surface area contributed by atoms with Crippen LogP contribution in [0.4, 0.5) is 13.2 Å². The summed E-state index contributed by atoms with van der Waals surface area (Å²) in [7, 11) is -4.01. The Labute approximate surface area is 166 Å². The van der Waals surface area contributed by atoms with Crippen molar-refractivity contribution in [2.75, 3.05) is 32.7 Å². The van der Waals surface area contributed by atoms with E-state index in [0.717, 1.165) is 30.7 Å². The topological polar surface area (TPSA) is 53.5 Å². The summed E-state index contributed by atoms with van der Waals surface area (Å²) in [6, 6.07) is 6.55. The second kappa shape index (κ2) is 8.36. The Bertz CT molecular complexity index is 915. The van der Waals surface area contributed by atoms with Gasteiger partial charge in [-0.1, -0.05) is 11.6 Å². The molecule has 5 nitrogen and oxygen atoms in total. The zero-order valence-corrected chi connectivity index (χ0v) is 16.4. The second-order valence-corrected chi connectivity index (χ2v) is 8.84. The van der Waals surface area contributed by atoms with Crippen LogP contribution in [0.1, 0.15) is 11.1 Å². The first kappa shape index (κ1) is 21.0. The Morgan fingerprint density at radius 2 is 1.68 bits per heavy atom. The van der Waals surface area contributed by atoms with Crippen molar-refractivity contribution >= 4 is 21.6 Å². The molecule has 3 rings (SSSR count). The Hall–Kier alpha value is -1.68. The summed E-state index contributed by atoms with van der Waals surface area (Å²) in [5.74, 6) is 0. The van der Waals surface area contributed by atoms with Crippen LogP contribution in [0.5, 0.6) is 0 Å². The van der Waals surface area contributed by atoms with Crippen molar-refractivity contribution in [2.45, 2.75) is 17.5 Å². The number of hydrogen-bond acceptors (Lipinski definition) is 4. The summed E-state index contributed by atoms with van der Waals surface area (Å²) < 4.78 is 65.8. The molecule has 1 aliphatic rings. The molecule has 0 N–H and O–H groups in total. The number of piperazine rings is 1. The van der Waals surface area contributed by atoms with Crippen LogP contribution >= 0.6 is 11.6 Å². The third-order valence-corrected chi connectivity index (χ3v) is 6.90. The van der Waals surface area contributed by atoms with Gasteiger partial charge in [0, 0.05) is 45.1 Å². The minimum Gasteiger partial charge on any atom is -0.300 e. The molecule has 0 aliphatic carbocycles. The van der Waals surface area contributed by atoms with E-state index in [-0.39, 0.29) is 13.1 Å². The SMILES string of the molecule is O=S(=O)(c1ccc(Cl)c(C(F)(F)F)c1)N1CCN(CCc2ccncc2)CC1. The van der Waals surface area contributed by atoms with Gasteiger partial charge >= 0.3 is 6.18 Å². The number of sulfonamides is 1. The highest BCUT2D eigenvalue weighted by atomic mass is 35.5. The lowest BCUT2D eigenvalue weighted by atomic mass is 10.2. The molecular weight excluding hydrogens is 415 g/mol. The molecule has 0 atom stereocenters. The lowest BCUT2D eigenvalue weighted by Gasteiger charge is -2.34. The third kappa shape index (κ3) is 4.83. The molecule has 0 saturated carbocycles. The number of pyridine rings is 1. The number of alkyl halides is 3. The highest BCUT2D eigenvalue weighted by Crippen LogP contribution is 2.36. The van der Waals surface area contributed by atoms with Crippen LogP contribution in [0.15, 0.2) is 47.6 Å². The van der Waals surface area contributed by atoms with Crippen molar-refractivity contribution in [3.05, 3.63) is 58.9 Å². The fourth-order valence-electron chi connectivity index (χ4n) is 3.06. The van der Waals surface area contributed by atoms with E-state index in [1.54, 1.807) is 12.4 Å². The van der Waals surface area contributed by atoms with Gasteiger partial charge in [0.25, 0.3) is 0 Å². The van der Waals surface area contributed by atoms with Gasteiger partial charge in [-0.05, 0) is 42.3 Å². The van der Waals surface area contributed by atoms with E-state index in [1.807, 2.05) is 12.1 Å². The van der Waals surface area contributed by atoms with Crippen LogP contribution in [-0.4, -0.2) is 55.3 Å². The molecule has 0 unspecified atom stereocenters. The van der Waals surface area contributed by atoms with Crippen molar-refractivity contribution in [3.63, 3.8) is 0 Å². The second-order valence-electron chi connectivity index (χ2n) is 6.49. The normalized spacial score (nSPS) is 17.0. The summed E-state index contributed by atoms with van der Waals surface area (Å²) in [5, 5.41) is -0.521. The summed E-state index contributed by atoms with van der Waals surface area (Å²) in [5.41, 5.74) is -0.00266. The van der Waals surface area contributed by atoms with Crippen LogP contribution < -0.4 is 0 Å². The van der Waals surface area contributed by atoms with Crippen LogP contribution in [0.3, 0.4) is 0 Å². The first-order valence-corrected chi connectivity index (χ1v) is 10.5. The molecule has 0 bridgehead atoms. The largest absolute Gasteiger partial charge is 0.417 e. The molecule has 1 aromatic heterocycles. The van der Waals surface area contributed by atoms with Crippen molar-refractivity contribution in [2.24, 2.45) is 0 Å². The van der Waals surface area contributed by atoms with Gasteiger partial charge in [-0.15, -0.1) is 0 Å². The zero-order valence-electron chi connectivity index (χ0n) is 14.9.